The van der Waals surface area contributed by atoms with E-state index in [2.05, 4.69) is 0 Å². The Bertz CT molecular complexity index is 2480. The van der Waals surface area contributed by atoms with Crippen LogP contribution in [0.1, 0.15) is 107 Å². The summed E-state index contributed by atoms with van der Waals surface area (Å²) in [5.41, 5.74) is -10.1. The lowest BCUT2D eigenvalue weighted by Crippen LogP contribution is -2.80. The molecule has 0 aromatic carbocycles. The van der Waals surface area contributed by atoms with Gasteiger partial charge in [0.1, 0.15) is 24.4 Å². The summed E-state index contributed by atoms with van der Waals surface area (Å²) in [7, 11) is 2.10. The van der Waals surface area contributed by atoms with Crippen LogP contribution in [0.2, 0.25) is 0 Å². The summed E-state index contributed by atoms with van der Waals surface area (Å²) >= 11 is 0. The van der Waals surface area contributed by atoms with Gasteiger partial charge in [-0.3, -0.25) is 28.8 Å². The highest BCUT2D eigenvalue weighted by Crippen LogP contribution is 2.75. The molecule has 10 rings (SSSR count). The molecule has 4 bridgehead atoms. The van der Waals surface area contributed by atoms with E-state index >= 15 is 0 Å². The molecule has 24 nitrogen and oxygen atoms in total. The van der Waals surface area contributed by atoms with Crippen molar-refractivity contribution in [3.8, 4) is 0 Å². The average Bonchev–Trinajstić information content (AvgIpc) is 4.03. The number of aliphatic hydroxyl groups excluding tert-OH is 4. The van der Waals surface area contributed by atoms with Crippen molar-refractivity contribution >= 4 is 59.3 Å². The highest BCUT2D eigenvalue weighted by molar-refractivity contribution is 5.92. The van der Waals surface area contributed by atoms with Crippen molar-refractivity contribution in [1.82, 2.24) is 0 Å². The second kappa shape index (κ2) is 19.8. The van der Waals surface area contributed by atoms with Gasteiger partial charge in [-0.1, -0.05) is 55.4 Å². The van der Waals surface area contributed by atoms with Crippen molar-refractivity contribution in [3.05, 3.63) is 0 Å². The van der Waals surface area contributed by atoms with Crippen LogP contribution in [0, 0.1) is 80.8 Å². The standard InChI is InChI=1S/C56H74O24/c1-21(2)13-33(61)79-39-43-53-19-73-55(43,49(69)71-9)45(65)35(63)41(53)51(7)17-27(57)37(23(5)25(51)15-29(53)75-47(39)67)77-31(59)11-12-32(60)78-38-24(6)26-16-30-54-20-74-56(50(70)72-10,46(66)36(64)42(54)52(26,8)18-28(38)58)44(54)40(48(68)76-30)80-34(62)14-22(3)4/h21-26,29-30,35-46,63-66H,11-20H2,1-10H3. The molecule has 24 unspecified atom stereocenters. The molecule has 0 aromatic rings. The van der Waals surface area contributed by atoms with E-state index in [0.29, 0.717) is 0 Å². The highest BCUT2D eigenvalue weighted by atomic mass is 16.6. The fraction of sp³-hybridized carbons (Fsp3) is 0.821. The Morgan fingerprint density at radius 3 is 1.20 bits per heavy atom. The molecule has 4 heterocycles. The Balaban J connectivity index is 0.835. The zero-order chi connectivity index (χ0) is 58.5. The van der Waals surface area contributed by atoms with Gasteiger partial charge in [0.2, 0.25) is 23.4 Å². The molecule has 4 aliphatic heterocycles. The van der Waals surface area contributed by atoms with Gasteiger partial charge in [0.05, 0.1) is 64.3 Å². The summed E-state index contributed by atoms with van der Waals surface area (Å²) in [6, 6.07) is 0. The number of carbonyl (C=O) groups excluding carboxylic acids is 10. The summed E-state index contributed by atoms with van der Waals surface area (Å²) in [5, 5.41) is 48.4. The fourth-order valence-corrected chi connectivity index (χ4v) is 18.4. The van der Waals surface area contributed by atoms with Gasteiger partial charge < -0.3 is 67.8 Å². The van der Waals surface area contributed by atoms with E-state index in [1.54, 1.807) is 55.4 Å². The molecule has 6 aliphatic carbocycles. The van der Waals surface area contributed by atoms with Crippen LogP contribution in [0.15, 0.2) is 0 Å². The van der Waals surface area contributed by atoms with Gasteiger partial charge in [0.15, 0.2) is 23.8 Å². The SMILES string of the molecule is COC(=O)C12OCC34C(CC5C(C)C(OC(=O)CCC(=O)OC6C(=O)CC7(C)C(CC8OC(=O)C(OC(=O)CC(C)C)C9C%10(C(=O)OC)OCC89C7C(O)C%10O)C6C)C(=O)CC5(C)C3C(O)C1O)OC(=O)C(OC(=O)CC(C)C)C24. The highest BCUT2D eigenvalue weighted by Gasteiger charge is 2.87. The number of methoxy groups -OCH3 is 2. The first-order chi connectivity index (χ1) is 37.5. The summed E-state index contributed by atoms with van der Waals surface area (Å²) in [4.78, 5) is 138. The minimum atomic E-state index is -2.36. The first-order valence-electron chi connectivity index (χ1n) is 27.9. The number of carbonyl (C=O) groups is 10. The summed E-state index contributed by atoms with van der Waals surface area (Å²) in [6.07, 6.45) is -18.0. The zero-order valence-corrected chi connectivity index (χ0v) is 46.6. The summed E-state index contributed by atoms with van der Waals surface area (Å²) in [6.45, 7) is 13.2. The Labute approximate surface area is 461 Å². The third-order valence-electron chi connectivity index (χ3n) is 21.1. The molecule has 2 spiro atoms. The lowest BCUT2D eigenvalue weighted by Gasteiger charge is -2.68. The van der Waals surface area contributed by atoms with Gasteiger partial charge in [0, 0.05) is 60.2 Å². The van der Waals surface area contributed by atoms with Crippen LogP contribution >= 0.6 is 0 Å². The first kappa shape index (κ1) is 58.1. The topological polar surface area (TPSA) is 344 Å². The number of hydrogen-bond acceptors (Lipinski definition) is 24. The Hall–Kier alpha value is -5.14. The van der Waals surface area contributed by atoms with Crippen LogP contribution in [-0.2, 0) is 95.3 Å². The van der Waals surface area contributed by atoms with E-state index in [1.807, 2.05) is 0 Å². The Morgan fingerprint density at radius 2 is 0.875 bits per heavy atom. The number of rotatable bonds is 13. The minimum Gasteiger partial charge on any atom is -0.467 e. The van der Waals surface area contributed by atoms with E-state index in [9.17, 15) is 68.4 Å². The minimum absolute atomic E-state index is 0.0231. The molecular formula is C56H74O24. The molecular weight excluding hydrogens is 1060 g/mol. The van der Waals surface area contributed by atoms with Crippen molar-refractivity contribution in [2.24, 2.45) is 80.8 Å². The van der Waals surface area contributed by atoms with E-state index in [4.69, 9.17) is 47.4 Å². The lowest BCUT2D eigenvalue weighted by molar-refractivity contribution is -0.299. The molecule has 0 amide bonds. The lowest BCUT2D eigenvalue weighted by atomic mass is 9.37. The molecule has 10 aliphatic rings. The van der Waals surface area contributed by atoms with Gasteiger partial charge in [-0.25, -0.2) is 19.2 Å². The van der Waals surface area contributed by atoms with Crippen LogP contribution in [-0.4, -0.2) is 179 Å². The number of ketones is 2. The third kappa shape index (κ3) is 7.78. The molecule has 10 fully saturated rings. The second-order valence-corrected chi connectivity index (χ2v) is 26.0. The van der Waals surface area contributed by atoms with Crippen LogP contribution in [0.5, 0.6) is 0 Å². The predicted molar refractivity (Wildman–Crippen MR) is 262 cm³/mol. The number of hydrogen-bond donors (Lipinski definition) is 4. The van der Waals surface area contributed by atoms with Crippen molar-refractivity contribution < 1.29 is 116 Å². The largest absolute Gasteiger partial charge is 0.467 e. The normalized spacial score (nSPS) is 47.3. The third-order valence-corrected chi connectivity index (χ3v) is 21.1. The van der Waals surface area contributed by atoms with E-state index in [-0.39, 0.29) is 63.6 Å². The van der Waals surface area contributed by atoms with E-state index in [1.165, 1.54) is 0 Å². The predicted octanol–water partition coefficient (Wildman–Crippen LogP) is 0.419. The summed E-state index contributed by atoms with van der Waals surface area (Å²) < 4.78 is 58.0. The van der Waals surface area contributed by atoms with Gasteiger partial charge in [0.25, 0.3) is 0 Å². The van der Waals surface area contributed by atoms with E-state index in [0.717, 1.165) is 14.2 Å². The maximum absolute atomic E-state index is 14.4. The zero-order valence-electron chi connectivity index (χ0n) is 46.6. The molecule has 4 N–H and O–H groups in total. The maximum Gasteiger partial charge on any atom is 0.348 e. The first-order valence-corrected chi connectivity index (χ1v) is 27.9. The molecule has 0 radical (unpaired) electrons. The molecule has 24 atom stereocenters. The maximum atomic E-state index is 14.4. The number of ether oxygens (including phenoxy) is 10. The molecule has 6 saturated carbocycles. The Morgan fingerprint density at radius 1 is 0.537 bits per heavy atom. The van der Waals surface area contributed by atoms with Gasteiger partial charge in [-0.05, 0) is 47.3 Å². The van der Waals surface area contributed by atoms with Gasteiger partial charge >= 0.3 is 47.8 Å². The van der Waals surface area contributed by atoms with Crippen molar-refractivity contribution in [2.45, 2.75) is 179 Å². The van der Waals surface area contributed by atoms with Crippen molar-refractivity contribution in [2.75, 3.05) is 27.4 Å². The van der Waals surface area contributed by atoms with Crippen molar-refractivity contribution in [1.29, 1.82) is 0 Å². The van der Waals surface area contributed by atoms with Gasteiger partial charge in [-0.2, -0.15) is 0 Å². The summed E-state index contributed by atoms with van der Waals surface area (Å²) in [5.74, 6) is -17.0. The Kier molecular flexibility index (Phi) is 14.3. The molecule has 0 aromatic heterocycles. The number of esters is 8. The average molecular weight is 1130 g/mol. The van der Waals surface area contributed by atoms with E-state index < -0.39 is 213 Å². The van der Waals surface area contributed by atoms with Crippen LogP contribution in [0.25, 0.3) is 0 Å². The molecule has 24 heteroatoms. The quantitative estimate of drug-likeness (QED) is 0.143. The second-order valence-electron chi connectivity index (χ2n) is 26.0. The molecule has 442 valence electrons. The van der Waals surface area contributed by atoms with Crippen LogP contribution < -0.4 is 0 Å². The molecule has 80 heavy (non-hydrogen) atoms. The van der Waals surface area contributed by atoms with Crippen LogP contribution in [0.4, 0.5) is 0 Å². The molecule has 4 saturated heterocycles. The fourth-order valence-electron chi connectivity index (χ4n) is 18.4. The monoisotopic (exact) mass is 1130 g/mol. The van der Waals surface area contributed by atoms with Crippen LogP contribution in [0.3, 0.4) is 0 Å². The number of aliphatic hydroxyl groups is 4. The number of fused-ring (bicyclic) bond motifs is 4. The number of Topliss-reactive ketones (excluding diaryl/α,β-unsaturated/α-hetero) is 2. The van der Waals surface area contributed by atoms with Gasteiger partial charge in [-0.15, -0.1) is 0 Å². The smallest absolute Gasteiger partial charge is 0.348 e. The van der Waals surface area contributed by atoms with Crippen molar-refractivity contribution in [3.63, 3.8) is 0 Å².